The first kappa shape index (κ1) is 18.7. The van der Waals surface area contributed by atoms with Crippen LogP contribution >= 0.6 is 0 Å². The van der Waals surface area contributed by atoms with E-state index < -0.39 is 0 Å². The smallest absolute Gasteiger partial charge is 0.255 e. The fraction of sp³-hybridized carbons (Fsp3) is 0.174. The molecule has 0 bridgehead atoms. The molecule has 0 atom stereocenters. The molecule has 2 aromatic carbocycles. The molecule has 2 heterocycles. The van der Waals surface area contributed by atoms with Crippen LogP contribution in [0.4, 0.5) is 5.69 Å². The van der Waals surface area contributed by atoms with Crippen LogP contribution in [0.3, 0.4) is 0 Å². The average Bonchev–Trinajstić information content (AvgIpc) is 3.04. The molecule has 0 saturated carbocycles. The third-order valence-electron chi connectivity index (χ3n) is 4.77. The summed E-state index contributed by atoms with van der Waals surface area (Å²) >= 11 is 0. The van der Waals surface area contributed by atoms with Gasteiger partial charge in [0.05, 0.1) is 36.7 Å². The summed E-state index contributed by atoms with van der Waals surface area (Å²) in [6.07, 6.45) is 1.65. The Hall–Kier alpha value is -3.67. The van der Waals surface area contributed by atoms with E-state index in [2.05, 4.69) is 15.4 Å². The van der Waals surface area contributed by atoms with Crippen molar-refractivity contribution in [2.24, 2.45) is 0 Å². The van der Waals surface area contributed by atoms with E-state index in [1.807, 2.05) is 67.1 Å². The topological polar surface area (TPSA) is 69.0 Å². The summed E-state index contributed by atoms with van der Waals surface area (Å²) in [6, 6.07) is 17.2. The number of nitrogens with one attached hydrogen (secondary N) is 1. The van der Waals surface area contributed by atoms with Crippen molar-refractivity contribution in [1.29, 1.82) is 0 Å². The van der Waals surface area contributed by atoms with E-state index in [-0.39, 0.29) is 5.91 Å². The Labute approximate surface area is 169 Å². The highest BCUT2D eigenvalue weighted by molar-refractivity contribution is 6.05. The van der Waals surface area contributed by atoms with Gasteiger partial charge in [-0.3, -0.25) is 14.5 Å². The van der Waals surface area contributed by atoms with Gasteiger partial charge in [0.25, 0.3) is 5.91 Å². The molecule has 146 valence electrons. The number of benzene rings is 2. The first-order valence-electron chi connectivity index (χ1n) is 9.37. The van der Waals surface area contributed by atoms with Crippen LogP contribution in [-0.4, -0.2) is 27.8 Å². The molecule has 1 N–H and O–H groups in total. The van der Waals surface area contributed by atoms with Gasteiger partial charge in [-0.15, -0.1) is 0 Å². The molecule has 0 aliphatic carbocycles. The third-order valence-corrected chi connectivity index (χ3v) is 4.77. The summed E-state index contributed by atoms with van der Waals surface area (Å²) in [5.74, 6) is 0.580. The fourth-order valence-corrected chi connectivity index (χ4v) is 3.32. The lowest BCUT2D eigenvalue weighted by Gasteiger charge is -2.09. The number of carbonyl (C=O) groups is 1. The van der Waals surface area contributed by atoms with Crippen LogP contribution in [0.1, 0.15) is 27.3 Å². The number of pyridine rings is 1. The molecule has 4 aromatic rings. The van der Waals surface area contributed by atoms with Crippen molar-refractivity contribution >= 4 is 22.5 Å². The maximum absolute atomic E-state index is 12.7. The van der Waals surface area contributed by atoms with Gasteiger partial charge < -0.3 is 10.1 Å². The van der Waals surface area contributed by atoms with Crippen LogP contribution in [0.15, 0.2) is 60.8 Å². The second-order valence-corrected chi connectivity index (χ2v) is 7.02. The van der Waals surface area contributed by atoms with Gasteiger partial charge in [0, 0.05) is 22.7 Å². The number of anilines is 1. The van der Waals surface area contributed by atoms with Gasteiger partial charge in [0.2, 0.25) is 0 Å². The Morgan fingerprint density at radius 3 is 2.72 bits per heavy atom. The number of nitrogens with zero attached hydrogens (tertiary/aromatic N) is 3. The molecule has 0 saturated heterocycles. The van der Waals surface area contributed by atoms with Crippen molar-refractivity contribution in [2.45, 2.75) is 20.4 Å². The molecule has 0 aliphatic heterocycles. The SMILES string of the molecule is COc1ccc2cc(NC(=O)c3cccc(Cn4nc(C)cc4C)c3)cnc2c1. The summed E-state index contributed by atoms with van der Waals surface area (Å²) in [7, 11) is 1.62. The Morgan fingerprint density at radius 1 is 1.10 bits per heavy atom. The first-order valence-corrected chi connectivity index (χ1v) is 9.37. The maximum Gasteiger partial charge on any atom is 0.255 e. The van der Waals surface area contributed by atoms with Crippen LogP contribution in [0.2, 0.25) is 0 Å². The largest absolute Gasteiger partial charge is 0.497 e. The number of fused-ring (bicyclic) bond motifs is 1. The second kappa shape index (κ2) is 7.75. The molecule has 1 amide bonds. The number of aromatic nitrogens is 3. The highest BCUT2D eigenvalue weighted by atomic mass is 16.5. The van der Waals surface area contributed by atoms with E-state index >= 15 is 0 Å². The fourth-order valence-electron chi connectivity index (χ4n) is 3.32. The quantitative estimate of drug-likeness (QED) is 0.553. The van der Waals surface area contributed by atoms with Crippen LogP contribution in [0, 0.1) is 13.8 Å². The Bertz CT molecular complexity index is 1200. The molecule has 0 unspecified atom stereocenters. The van der Waals surface area contributed by atoms with E-state index in [1.165, 1.54) is 0 Å². The highest BCUT2D eigenvalue weighted by Crippen LogP contribution is 2.22. The molecule has 4 rings (SSSR count). The number of rotatable bonds is 5. The molecule has 0 aliphatic rings. The highest BCUT2D eigenvalue weighted by Gasteiger charge is 2.09. The van der Waals surface area contributed by atoms with Crippen LogP contribution in [-0.2, 0) is 6.54 Å². The van der Waals surface area contributed by atoms with Gasteiger partial charge in [-0.25, -0.2) is 0 Å². The molecule has 0 fully saturated rings. The first-order chi connectivity index (χ1) is 14.0. The molecule has 0 radical (unpaired) electrons. The van der Waals surface area contributed by atoms with Crippen LogP contribution < -0.4 is 10.1 Å². The van der Waals surface area contributed by atoms with Crippen molar-refractivity contribution < 1.29 is 9.53 Å². The summed E-state index contributed by atoms with van der Waals surface area (Å²) in [4.78, 5) is 17.2. The molecular weight excluding hydrogens is 364 g/mol. The van der Waals surface area contributed by atoms with Gasteiger partial charge in [0.15, 0.2) is 0 Å². The molecular formula is C23H22N4O2. The third kappa shape index (κ3) is 4.11. The monoisotopic (exact) mass is 386 g/mol. The summed E-state index contributed by atoms with van der Waals surface area (Å²) in [5.41, 5.74) is 5.16. The Balaban J connectivity index is 1.52. The van der Waals surface area contributed by atoms with Gasteiger partial charge in [-0.2, -0.15) is 5.10 Å². The summed E-state index contributed by atoms with van der Waals surface area (Å²) in [5, 5.41) is 8.35. The van der Waals surface area contributed by atoms with Crippen molar-refractivity contribution in [3.8, 4) is 5.75 Å². The van der Waals surface area contributed by atoms with Gasteiger partial charge >= 0.3 is 0 Å². The van der Waals surface area contributed by atoms with Crippen molar-refractivity contribution in [1.82, 2.24) is 14.8 Å². The number of aryl methyl sites for hydroxylation is 2. The minimum Gasteiger partial charge on any atom is -0.497 e. The number of hydrogen-bond donors (Lipinski definition) is 1. The number of carbonyl (C=O) groups excluding carboxylic acids is 1. The minimum absolute atomic E-state index is 0.171. The predicted octanol–water partition coefficient (Wildman–Crippen LogP) is 4.36. The lowest BCUT2D eigenvalue weighted by molar-refractivity contribution is 0.102. The number of methoxy groups -OCH3 is 1. The van der Waals surface area contributed by atoms with Crippen molar-refractivity contribution in [3.05, 3.63) is 83.3 Å². The molecule has 2 aromatic heterocycles. The zero-order valence-corrected chi connectivity index (χ0v) is 16.6. The number of hydrogen-bond acceptors (Lipinski definition) is 4. The van der Waals surface area contributed by atoms with E-state index in [1.54, 1.807) is 19.4 Å². The molecule has 6 nitrogen and oxygen atoms in total. The average molecular weight is 386 g/mol. The van der Waals surface area contributed by atoms with Crippen LogP contribution in [0.25, 0.3) is 10.9 Å². The van der Waals surface area contributed by atoms with Gasteiger partial charge in [0.1, 0.15) is 5.75 Å². The number of amides is 1. The van der Waals surface area contributed by atoms with Gasteiger partial charge in [-0.05, 0) is 55.8 Å². The number of ether oxygens (including phenoxy) is 1. The van der Waals surface area contributed by atoms with Crippen molar-refractivity contribution in [3.63, 3.8) is 0 Å². The van der Waals surface area contributed by atoms with Gasteiger partial charge in [-0.1, -0.05) is 12.1 Å². The second-order valence-electron chi connectivity index (χ2n) is 7.02. The van der Waals surface area contributed by atoms with Crippen LogP contribution in [0.5, 0.6) is 5.75 Å². The molecule has 0 spiro atoms. The maximum atomic E-state index is 12.7. The molecule has 6 heteroatoms. The normalized spacial score (nSPS) is 10.9. The zero-order valence-electron chi connectivity index (χ0n) is 16.6. The van der Waals surface area contributed by atoms with E-state index in [0.29, 0.717) is 17.8 Å². The predicted molar refractivity (Wildman–Crippen MR) is 113 cm³/mol. The zero-order chi connectivity index (χ0) is 20.4. The molecule has 29 heavy (non-hydrogen) atoms. The van der Waals surface area contributed by atoms with E-state index in [9.17, 15) is 4.79 Å². The van der Waals surface area contributed by atoms with Crippen molar-refractivity contribution in [2.75, 3.05) is 12.4 Å². The van der Waals surface area contributed by atoms with E-state index in [4.69, 9.17) is 4.74 Å². The lowest BCUT2D eigenvalue weighted by Crippen LogP contribution is -2.13. The summed E-state index contributed by atoms with van der Waals surface area (Å²) < 4.78 is 7.16. The standard InChI is InChI=1S/C23H22N4O2/c1-15-9-16(2)27(26-15)14-17-5-4-6-19(10-17)23(28)25-20-11-18-7-8-21(29-3)12-22(18)24-13-20/h4-13H,14H2,1-3H3,(H,25,28). The minimum atomic E-state index is -0.171. The Morgan fingerprint density at radius 2 is 1.97 bits per heavy atom. The van der Waals surface area contributed by atoms with E-state index in [0.717, 1.165) is 33.6 Å². The summed E-state index contributed by atoms with van der Waals surface area (Å²) in [6.45, 7) is 4.63. The Kier molecular flexibility index (Phi) is 4.99. The lowest BCUT2D eigenvalue weighted by atomic mass is 10.1.